The standard InChI is InChI=1S/C11H13FN2O3/c1-3-14(2)11(17)13-9-5-4-7(12)6-8(9)10(15)16/h4-6H,3H2,1-2H3,(H,13,17)(H,15,16). The number of amides is 2. The van der Waals surface area contributed by atoms with Gasteiger partial charge in [-0.2, -0.15) is 0 Å². The topological polar surface area (TPSA) is 69.6 Å². The van der Waals surface area contributed by atoms with E-state index in [-0.39, 0.29) is 11.3 Å². The molecule has 0 unspecified atom stereocenters. The lowest BCUT2D eigenvalue weighted by Gasteiger charge is -2.16. The van der Waals surface area contributed by atoms with Crippen molar-refractivity contribution in [3.63, 3.8) is 0 Å². The number of aromatic carboxylic acids is 1. The number of nitrogens with one attached hydrogen (secondary N) is 1. The summed E-state index contributed by atoms with van der Waals surface area (Å²) in [6, 6.07) is 2.74. The first-order valence-electron chi connectivity index (χ1n) is 5.00. The second-order valence-electron chi connectivity index (χ2n) is 3.44. The van der Waals surface area contributed by atoms with Gasteiger partial charge < -0.3 is 15.3 Å². The van der Waals surface area contributed by atoms with Gasteiger partial charge in [-0.05, 0) is 25.1 Å². The Labute approximate surface area is 97.8 Å². The molecule has 0 radical (unpaired) electrons. The van der Waals surface area contributed by atoms with Crippen molar-refractivity contribution >= 4 is 17.7 Å². The predicted octanol–water partition coefficient (Wildman–Crippen LogP) is 2.01. The lowest BCUT2D eigenvalue weighted by Crippen LogP contribution is -2.31. The average molecular weight is 240 g/mol. The van der Waals surface area contributed by atoms with Gasteiger partial charge in [0.15, 0.2) is 0 Å². The van der Waals surface area contributed by atoms with Gasteiger partial charge in [-0.25, -0.2) is 14.0 Å². The third-order valence-electron chi connectivity index (χ3n) is 2.27. The first kappa shape index (κ1) is 13.0. The molecule has 17 heavy (non-hydrogen) atoms. The largest absolute Gasteiger partial charge is 0.478 e. The lowest BCUT2D eigenvalue weighted by molar-refractivity contribution is 0.0697. The van der Waals surface area contributed by atoms with Gasteiger partial charge in [0.25, 0.3) is 0 Å². The van der Waals surface area contributed by atoms with Crippen molar-refractivity contribution in [3.8, 4) is 0 Å². The number of hydrogen-bond acceptors (Lipinski definition) is 2. The Morgan fingerprint density at radius 3 is 2.65 bits per heavy atom. The van der Waals surface area contributed by atoms with Gasteiger partial charge in [0.05, 0.1) is 11.3 Å². The van der Waals surface area contributed by atoms with E-state index in [4.69, 9.17) is 5.11 Å². The van der Waals surface area contributed by atoms with Crippen LogP contribution in [0.2, 0.25) is 0 Å². The van der Waals surface area contributed by atoms with Crippen molar-refractivity contribution in [1.82, 2.24) is 4.90 Å². The predicted molar refractivity (Wildman–Crippen MR) is 60.7 cm³/mol. The molecule has 1 aromatic rings. The van der Waals surface area contributed by atoms with E-state index < -0.39 is 17.8 Å². The van der Waals surface area contributed by atoms with E-state index in [1.165, 1.54) is 11.0 Å². The molecule has 0 atom stereocenters. The van der Waals surface area contributed by atoms with Crippen molar-refractivity contribution in [1.29, 1.82) is 0 Å². The second kappa shape index (κ2) is 5.29. The van der Waals surface area contributed by atoms with Crippen LogP contribution in [-0.4, -0.2) is 35.6 Å². The molecule has 0 aromatic heterocycles. The fourth-order valence-corrected chi connectivity index (χ4v) is 1.16. The number of rotatable bonds is 3. The molecule has 0 saturated carbocycles. The van der Waals surface area contributed by atoms with Crippen LogP contribution in [-0.2, 0) is 0 Å². The number of carbonyl (C=O) groups is 2. The number of carboxylic acid groups (broad SMARTS) is 1. The van der Waals surface area contributed by atoms with Crippen molar-refractivity contribution in [2.75, 3.05) is 18.9 Å². The summed E-state index contributed by atoms with van der Waals surface area (Å²) in [5, 5.41) is 11.3. The van der Waals surface area contributed by atoms with Crippen LogP contribution in [0.3, 0.4) is 0 Å². The smallest absolute Gasteiger partial charge is 0.337 e. The van der Waals surface area contributed by atoms with Gasteiger partial charge in [0, 0.05) is 13.6 Å². The highest BCUT2D eigenvalue weighted by molar-refractivity contribution is 5.99. The molecule has 1 aromatic carbocycles. The van der Waals surface area contributed by atoms with Crippen LogP contribution in [0.1, 0.15) is 17.3 Å². The summed E-state index contributed by atoms with van der Waals surface area (Å²) in [5.41, 5.74) is -0.202. The highest BCUT2D eigenvalue weighted by Crippen LogP contribution is 2.17. The highest BCUT2D eigenvalue weighted by Gasteiger charge is 2.14. The zero-order valence-corrected chi connectivity index (χ0v) is 9.53. The van der Waals surface area contributed by atoms with Gasteiger partial charge in [0.1, 0.15) is 5.82 Å². The normalized spacial score (nSPS) is 9.82. The molecule has 6 heteroatoms. The molecule has 0 bridgehead atoms. The minimum atomic E-state index is -1.29. The number of benzene rings is 1. The maximum absolute atomic E-state index is 12.9. The number of carbonyl (C=O) groups excluding carboxylic acids is 1. The highest BCUT2D eigenvalue weighted by atomic mass is 19.1. The van der Waals surface area contributed by atoms with Gasteiger partial charge in [-0.15, -0.1) is 0 Å². The molecule has 5 nitrogen and oxygen atoms in total. The van der Waals surface area contributed by atoms with E-state index in [0.29, 0.717) is 6.54 Å². The lowest BCUT2D eigenvalue weighted by atomic mass is 10.1. The quantitative estimate of drug-likeness (QED) is 0.849. The Bertz CT molecular complexity index is 448. The van der Waals surface area contributed by atoms with E-state index in [9.17, 15) is 14.0 Å². The Morgan fingerprint density at radius 2 is 2.12 bits per heavy atom. The Hall–Kier alpha value is -2.11. The van der Waals surface area contributed by atoms with Crippen molar-refractivity contribution < 1.29 is 19.1 Å². The van der Waals surface area contributed by atoms with Gasteiger partial charge in [0.2, 0.25) is 0 Å². The fourth-order valence-electron chi connectivity index (χ4n) is 1.16. The Morgan fingerprint density at radius 1 is 1.47 bits per heavy atom. The van der Waals surface area contributed by atoms with E-state index in [2.05, 4.69) is 5.32 Å². The van der Waals surface area contributed by atoms with Crippen LogP contribution in [0.4, 0.5) is 14.9 Å². The van der Waals surface area contributed by atoms with Crippen LogP contribution < -0.4 is 5.32 Å². The monoisotopic (exact) mass is 240 g/mol. The van der Waals surface area contributed by atoms with E-state index in [1.807, 2.05) is 0 Å². The molecule has 1 rings (SSSR count). The molecule has 0 fully saturated rings. The summed E-state index contributed by atoms with van der Waals surface area (Å²) in [5.74, 6) is -1.96. The summed E-state index contributed by atoms with van der Waals surface area (Å²) >= 11 is 0. The van der Waals surface area contributed by atoms with Crippen molar-refractivity contribution in [2.24, 2.45) is 0 Å². The first-order valence-corrected chi connectivity index (χ1v) is 5.00. The third-order valence-corrected chi connectivity index (χ3v) is 2.27. The molecule has 0 aliphatic carbocycles. The summed E-state index contributed by atoms with van der Waals surface area (Å²) in [7, 11) is 1.57. The number of nitrogens with zero attached hydrogens (tertiary/aromatic N) is 1. The Balaban J connectivity index is 2.98. The molecule has 2 amide bonds. The van der Waals surface area contributed by atoms with Gasteiger partial charge >= 0.3 is 12.0 Å². The molecule has 0 saturated heterocycles. The molecule has 92 valence electrons. The fraction of sp³-hybridized carbons (Fsp3) is 0.273. The van der Waals surface area contributed by atoms with Crippen LogP contribution in [0, 0.1) is 5.82 Å². The number of carboxylic acids is 1. The minimum absolute atomic E-state index is 0.0733. The molecular weight excluding hydrogens is 227 g/mol. The van der Waals surface area contributed by atoms with E-state index in [1.54, 1.807) is 14.0 Å². The van der Waals surface area contributed by atoms with Crippen LogP contribution >= 0.6 is 0 Å². The van der Waals surface area contributed by atoms with E-state index >= 15 is 0 Å². The molecule has 2 N–H and O–H groups in total. The summed E-state index contributed by atoms with van der Waals surface area (Å²) < 4.78 is 12.9. The van der Waals surface area contributed by atoms with Crippen LogP contribution in [0.25, 0.3) is 0 Å². The molecule has 0 heterocycles. The van der Waals surface area contributed by atoms with Crippen LogP contribution in [0.15, 0.2) is 18.2 Å². The molecule has 0 aliphatic heterocycles. The molecule has 0 aliphatic rings. The van der Waals surface area contributed by atoms with Gasteiger partial charge in [-0.3, -0.25) is 0 Å². The zero-order chi connectivity index (χ0) is 13.0. The number of hydrogen-bond donors (Lipinski definition) is 2. The van der Waals surface area contributed by atoms with Crippen LogP contribution in [0.5, 0.6) is 0 Å². The first-order chi connectivity index (χ1) is 7.95. The van der Waals surface area contributed by atoms with Crippen molar-refractivity contribution in [2.45, 2.75) is 6.92 Å². The second-order valence-corrected chi connectivity index (χ2v) is 3.44. The Kier molecular flexibility index (Phi) is 4.03. The average Bonchev–Trinajstić information content (AvgIpc) is 2.29. The van der Waals surface area contributed by atoms with Gasteiger partial charge in [-0.1, -0.05) is 0 Å². The summed E-state index contributed by atoms with van der Waals surface area (Å²) in [4.78, 5) is 23.8. The number of anilines is 1. The van der Waals surface area contributed by atoms with E-state index in [0.717, 1.165) is 12.1 Å². The number of urea groups is 1. The maximum Gasteiger partial charge on any atom is 0.337 e. The summed E-state index contributed by atoms with van der Waals surface area (Å²) in [6.45, 7) is 2.26. The summed E-state index contributed by atoms with van der Waals surface area (Å²) in [6.07, 6.45) is 0. The third kappa shape index (κ3) is 3.17. The minimum Gasteiger partial charge on any atom is -0.478 e. The molecular formula is C11H13FN2O3. The molecule has 0 spiro atoms. The SMILES string of the molecule is CCN(C)C(=O)Nc1ccc(F)cc1C(=O)O. The number of halogens is 1. The zero-order valence-electron chi connectivity index (χ0n) is 9.53. The van der Waals surface area contributed by atoms with Crippen molar-refractivity contribution in [3.05, 3.63) is 29.6 Å². The maximum atomic E-state index is 12.9.